The van der Waals surface area contributed by atoms with Crippen LogP contribution in [0, 0.1) is 11.6 Å². The normalized spacial score (nSPS) is 20.6. The number of morpholine rings is 1. The summed E-state index contributed by atoms with van der Waals surface area (Å²) in [6.07, 6.45) is 5.10. The average molecular weight is 486 g/mol. The fourth-order valence-electron chi connectivity index (χ4n) is 5.35. The Bertz CT molecular complexity index is 1020. The van der Waals surface area contributed by atoms with E-state index < -0.39 is 17.2 Å². The van der Waals surface area contributed by atoms with Gasteiger partial charge in [0.15, 0.2) is 0 Å². The summed E-state index contributed by atoms with van der Waals surface area (Å²) in [5.74, 6) is -0.811. The Balaban J connectivity index is 1.13. The van der Waals surface area contributed by atoms with E-state index in [0.717, 1.165) is 50.2 Å². The van der Waals surface area contributed by atoms with E-state index in [1.54, 1.807) is 0 Å². The summed E-state index contributed by atoms with van der Waals surface area (Å²) in [6, 6.07) is 11.5. The number of amides is 1. The molecule has 0 unspecified atom stereocenters. The first-order valence-electron chi connectivity index (χ1n) is 12.6. The van der Waals surface area contributed by atoms with Crippen LogP contribution in [-0.4, -0.2) is 68.9 Å². The smallest absolute Gasteiger partial charge is 0.253 e. The minimum absolute atomic E-state index is 0.0966. The highest BCUT2D eigenvalue weighted by Gasteiger charge is 2.43. The van der Waals surface area contributed by atoms with E-state index in [1.165, 1.54) is 43.0 Å². The Kier molecular flexibility index (Phi) is 7.20. The van der Waals surface area contributed by atoms with Crippen LogP contribution in [0.3, 0.4) is 0 Å². The van der Waals surface area contributed by atoms with Crippen molar-refractivity contribution in [2.75, 3.05) is 62.3 Å². The molecule has 0 aliphatic carbocycles. The van der Waals surface area contributed by atoms with Crippen LogP contribution in [0.15, 0.2) is 42.5 Å². The minimum Gasteiger partial charge on any atom is -0.494 e. The molecule has 3 saturated heterocycles. The van der Waals surface area contributed by atoms with E-state index >= 15 is 0 Å². The number of likely N-dealkylation sites (tertiary alicyclic amines) is 1. The summed E-state index contributed by atoms with van der Waals surface area (Å²) >= 11 is 0. The Hall–Kier alpha value is -2.71. The number of rotatable bonds is 7. The van der Waals surface area contributed by atoms with E-state index in [4.69, 9.17) is 9.47 Å². The number of benzene rings is 2. The molecule has 0 radical (unpaired) electrons. The van der Waals surface area contributed by atoms with Gasteiger partial charge < -0.3 is 24.2 Å². The van der Waals surface area contributed by atoms with Gasteiger partial charge in [-0.25, -0.2) is 8.78 Å². The predicted molar refractivity (Wildman–Crippen MR) is 131 cm³/mol. The summed E-state index contributed by atoms with van der Waals surface area (Å²) < 4.78 is 39.6. The fraction of sp³-hybridized carbons (Fsp3) is 0.519. The van der Waals surface area contributed by atoms with Crippen LogP contribution in [-0.2, 0) is 9.53 Å². The lowest BCUT2D eigenvalue weighted by Crippen LogP contribution is -2.59. The number of anilines is 2. The Labute approximate surface area is 205 Å². The molecule has 35 heavy (non-hydrogen) atoms. The second kappa shape index (κ2) is 10.5. The van der Waals surface area contributed by atoms with Crippen molar-refractivity contribution in [2.45, 2.75) is 37.7 Å². The highest BCUT2D eigenvalue weighted by Crippen LogP contribution is 2.35. The molecule has 188 valence electrons. The SMILES string of the molecule is O=C1COC2(CCN(c3ccc(OCCCN4CCCC4)cc3)CC2)CN1c1ccc(F)cc1F. The topological polar surface area (TPSA) is 45.2 Å². The highest BCUT2D eigenvalue weighted by atomic mass is 19.1. The molecule has 0 N–H and O–H groups in total. The molecular formula is C27H33F2N3O3. The fourth-order valence-corrected chi connectivity index (χ4v) is 5.35. The number of hydrogen-bond acceptors (Lipinski definition) is 5. The molecule has 0 atom stereocenters. The average Bonchev–Trinajstić information content (AvgIpc) is 3.39. The Morgan fingerprint density at radius 3 is 2.43 bits per heavy atom. The van der Waals surface area contributed by atoms with Gasteiger partial charge in [-0.15, -0.1) is 0 Å². The van der Waals surface area contributed by atoms with Gasteiger partial charge in [0, 0.05) is 31.4 Å². The molecule has 0 bridgehead atoms. The van der Waals surface area contributed by atoms with Crippen LogP contribution in [0.5, 0.6) is 5.75 Å². The monoisotopic (exact) mass is 485 g/mol. The van der Waals surface area contributed by atoms with Gasteiger partial charge in [0.1, 0.15) is 24.0 Å². The maximum Gasteiger partial charge on any atom is 0.253 e. The first kappa shape index (κ1) is 24.0. The molecule has 8 heteroatoms. The van der Waals surface area contributed by atoms with E-state index in [1.807, 2.05) is 12.1 Å². The molecular weight excluding hydrogens is 452 g/mol. The summed E-state index contributed by atoms with van der Waals surface area (Å²) in [7, 11) is 0. The predicted octanol–water partition coefficient (Wildman–Crippen LogP) is 4.23. The maximum atomic E-state index is 14.4. The van der Waals surface area contributed by atoms with Crippen LogP contribution < -0.4 is 14.5 Å². The molecule has 3 aliphatic rings. The number of hydrogen-bond donors (Lipinski definition) is 0. The summed E-state index contributed by atoms with van der Waals surface area (Å²) in [4.78, 5) is 18.7. The highest BCUT2D eigenvalue weighted by molar-refractivity contribution is 5.95. The second-order valence-corrected chi connectivity index (χ2v) is 9.78. The van der Waals surface area contributed by atoms with Gasteiger partial charge in [-0.1, -0.05) is 0 Å². The lowest BCUT2D eigenvalue weighted by molar-refractivity contribution is -0.141. The number of ether oxygens (including phenoxy) is 2. The maximum absolute atomic E-state index is 14.4. The quantitative estimate of drug-likeness (QED) is 0.550. The molecule has 0 aromatic heterocycles. The van der Waals surface area contributed by atoms with Gasteiger partial charge in [0.25, 0.3) is 5.91 Å². The first-order chi connectivity index (χ1) is 17.0. The number of nitrogens with zero attached hydrogens (tertiary/aromatic N) is 3. The number of carbonyl (C=O) groups excluding carboxylic acids is 1. The standard InChI is InChI=1S/C27H33F2N3O3/c28-21-4-9-25(24(29)18-21)32-20-27(35-19-26(32)33)10-15-31(16-11-27)22-5-7-23(8-6-22)34-17-3-14-30-12-1-2-13-30/h4-9,18H,1-3,10-17,19-20H2. The van der Waals surface area contributed by atoms with Crippen molar-refractivity contribution in [1.82, 2.24) is 4.90 Å². The van der Waals surface area contributed by atoms with Crippen molar-refractivity contribution in [2.24, 2.45) is 0 Å². The van der Waals surface area contributed by atoms with Gasteiger partial charge in [0.2, 0.25) is 0 Å². The van der Waals surface area contributed by atoms with Crippen molar-refractivity contribution in [3.63, 3.8) is 0 Å². The second-order valence-electron chi connectivity index (χ2n) is 9.78. The van der Waals surface area contributed by atoms with Crippen molar-refractivity contribution in [3.05, 3.63) is 54.1 Å². The molecule has 3 fully saturated rings. The van der Waals surface area contributed by atoms with E-state index in [9.17, 15) is 13.6 Å². The van der Waals surface area contributed by atoms with Gasteiger partial charge in [-0.05, 0) is 81.6 Å². The number of carbonyl (C=O) groups is 1. The van der Waals surface area contributed by atoms with E-state index in [0.29, 0.717) is 12.8 Å². The summed E-state index contributed by atoms with van der Waals surface area (Å²) in [5, 5.41) is 0. The summed E-state index contributed by atoms with van der Waals surface area (Å²) in [6.45, 7) is 5.97. The van der Waals surface area contributed by atoms with Crippen molar-refractivity contribution in [1.29, 1.82) is 0 Å². The molecule has 1 spiro atoms. The number of piperidine rings is 1. The largest absolute Gasteiger partial charge is 0.494 e. The first-order valence-corrected chi connectivity index (χ1v) is 12.6. The molecule has 2 aromatic carbocycles. The number of halogens is 2. The van der Waals surface area contributed by atoms with Crippen LogP contribution in [0.25, 0.3) is 0 Å². The molecule has 0 saturated carbocycles. The third-order valence-electron chi connectivity index (χ3n) is 7.41. The van der Waals surface area contributed by atoms with Crippen LogP contribution in [0.2, 0.25) is 0 Å². The Morgan fingerprint density at radius 2 is 1.71 bits per heavy atom. The lowest BCUT2D eigenvalue weighted by Gasteiger charge is -2.47. The van der Waals surface area contributed by atoms with Crippen LogP contribution in [0.1, 0.15) is 32.1 Å². The van der Waals surface area contributed by atoms with Gasteiger partial charge in [0.05, 0.1) is 24.4 Å². The van der Waals surface area contributed by atoms with Crippen molar-refractivity contribution < 1.29 is 23.0 Å². The molecule has 5 rings (SSSR count). The molecule has 3 aliphatic heterocycles. The van der Waals surface area contributed by atoms with Crippen molar-refractivity contribution in [3.8, 4) is 5.75 Å². The zero-order valence-corrected chi connectivity index (χ0v) is 20.1. The van der Waals surface area contributed by atoms with E-state index in [2.05, 4.69) is 21.9 Å². The zero-order chi connectivity index (χ0) is 24.3. The van der Waals surface area contributed by atoms with Gasteiger partial charge >= 0.3 is 0 Å². The zero-order valence-electron chi connectivity index (χ0n) is 20.1. The van der Waals surface area contributed by atoms with Crippen molar-refractivity contribution >= 4 is 17.3 Å². The minimum atomic E-state index is -0.730. The lowest BCUT2D eigenvalue weighted by atomic mass is 9.88. The van der Waals surface area contributed by atoms with E-state index in [-0.39, 0.29) is 24.7 Å². The summed E-state index contributed by atoms with van der Waals surface area (Å²) in [5.41, 5.74) is 0.707. The molecule has 2 aromatic rings. The van der Waals surface area contributed by atoms with Crippen LogP contribution >= 0.6 is 0 Å². The molecule has 6 nitrogen and oxygen atoms in total. The third kappa shape index (κ3) is 5.59. The molecule has 1 amide bonds. The van der Waals surface area contributed by atoms with Gasteiger partial charge in [-0.2, -0.15) is 0 Å². The molecule has 3 heterocycles. The van der Waals surface area contributed by atoms with Gasteiger partial charge in [-0.3, -0.25) is 4.79 Å². The van der Waals surface area contributed by atoms with Crippen LogP contribution in [0.4, 0.5) is 20.2 Å². The third-order valence-corrected chi connectivity index (χ3v) is 7.41. The Morgan fingerprint density at radius 1 is 0.971 bits per heavy atom.